The maximum absolute atomic E-state index is 14.6. The van der Waals surface area contributed by atoms with Crippen LogP contribution in [0.1, 0.15) is 26.7 Å². The van der Waals surface area contributed by atoms with Gasteiger partial charge in [-0.1, -0.05) is 35.1 Å². The van der Waals surface area contributed by atoms with Crippen LogP contribution >= 0.6 is 21.6 Å². The molecule has 0 aromatic rings. The second-order valence-corrected chi connectivity index (χ2v) is 15.1. The summed E-state index contributed by atoms with van der Waals surface area (Å²) in [5.74, 6) is -5.17. The number of hydrogen-bond acceptors (Lipinski definition) is 14. The van der Waals surface area contributed by atoms with Gasteiger partial charge in [-0.2, -0.15) is 0 Å². The van der Waals surface area contributed by atoms with Crippen molar-refractivity contribution >= 4 is 57.2 Å². The van der Waals surface area contributed by atoms with Gasteiger partial charge in [0.1, 0.15) is 18.8 Å². The summed E-state index contributed by atoms with van der Waals surface area (Å²) >= 11 is 0. The maximum atomic E-state index is 14.6. The molecule has 18 heteroatoms. The van der Waals surface area contributed by atoms with E-state index < -0.39 is 94.3 Å². The number of rotatable bonds is 7. The molecule has 6 rings (SSSR count). The number of piperazine rings is 2. The lowest BCUT2D eigenvalue weighted by molar-refractivity contribution is -0.206. The first kappa shape index (κ1) is 34.2. The Bertz CT molecular complexity index is 1650. The fourth-order valence-electron chi connectivity index (χ4n) is 7.32. The average molecular weight is 707 g/mol. The molecule has 2 aliphatic carbocycles. The third kappa shape index (κ3) is 4.46. The molecule has 6 aliphatic rings. The minimum absolute atomic E-state index is 0.177. The van der Waals surface area contributed by atoms with Crippen LogP contribution in [0.15, 0.2) is 47.6 Å². The number of amides is 4. The summed E-state index contributed by atoms with van der Waals surface area (Å²) in [5.41, 5.74) is -4.16. The number of carbonyl (C=O) groups excluding carboxylic acids is 6. The Balaban J connectivity index is 1.42. The number of carbonyl (C=O) groups is 6. The first-order valence-corrected chi connectivity index (χ1v) is 17.1. The number of fused-ring (bicyclic) bond motifs is 6. The van der Waals surface area contributed by atoms with Crippen molar-refractivity contribution in [1.29, 1.82) is 0 Å². The molecular formula is C30H34N4O12S2. The van der Waals surface area contributed by atoms with E-state index in [-0.39, 0.29) is 12.8 Å². The van der Waals surface area contributed by atoms with E-state index in [1.165, 1.54) is 33.0 Å². The third-order valence-corrected chi connectivity index (χ3v) is 13.3. The first-order chi connectivity index (χ1) is 22.5. The van der Waals surface area contributed by atoms with Gasteiger partial charge in [0, 0.05) is 40.8 Å². The third-order valence-electron chi connectivity index (χ3n) is 9.70. The number of esters is 2. The summed E-state index contributed by atoms with van der Waals surface area (Å²) in [7, 11) is 3.62. The molecular weight excluding hydrogens is 672 g/mol. The minimum atomic E-state index is -2.68. The van der Waals surface area contributed by atoms with E-state index in [4.69, 9.17) is 9.47 Å². The van der Waals surface area contributed by atoms with Gasteiger partial charge in [-0.3, -0.25) is 33.7 Å². The first-order valence-electron chi connectivity index (χ1n) is 14.9. The quantitative estimate of drug-likeness (QED) is 0.169. The second-order valence-electron chi connectivity index (χ2n) is 12.4. The molecule has 4 amide bonds. The van der Waals surface area contributed by atoms with E-state index in [1.807, 2.05) is 0 Å². The Kier molecular flexibility index (Phi) is 8.16. The zero-order valence-electron chi connectivity index (χ0n) is 26.3. The van der Waals surface area contributed by atoms with Crippen LogP contribution in [0.25, 0.3) is 0 Å². The van der Waals surface area contributed by atoms with Crippen LogP contribution in [0.2, 0.25) is 0 Å². The molecule has 0 bridgehead atoms. The predicted octanol–water partition coefficient (Wildman–Crippen LogP) is -1.88. The maximum Gasteiger partial charge on any atom is 0.303 e. The van der Waals surface area contributed by atoms with Crippen LogP contribution < -0.4 is 0 Å². The molecule has 0 spiro atoms. The van der Waals surface area contributed by atoms with Crippen molar-refractivity contribution in [3.05, 3.63) is 47.6 Å². The minimum Gasteiger partial charge on any atom is -0.456 e. The normalized spacial score (nSPS) is 38.3. The molecule has 4 N–H and O–H groups in total. The number of aliphatic hydroxyl groups is 4. The van der Waals surface area contributed by atoms with Crippen molar-refractivity contribution in [2.75, 3.05) is 27.3 Å². The fourth-order valence-corrected chi connectivity index (χ4v) is 10.9. The summed E-state index contributed by atoms with van der Waals surface area (Å²) in [6, 6.07) is -2.17. The Morgan fingerprint density at radius 2 is 1.31 bits per heavy atom. The SMILES string of the molecule is CC(=O)OC1C=CC=C2CC3(O)C(=O)N(C)C(CO)(SSC45CC6=CC=CC(OC(C)=O)C6N4C(=O)C(O)(CO)N(C)C5=O)C(=O)N3C21. The Hall–Kier alpha value is -3.68. The van der Waals surface area contributed by atoms with Crippen molar-refractivity contribution in [2.24, 2.45) is 0 Å². The van der Waals surface area contributed by atoms with E-state index in [1.54, 1.807) is 24.3 Å². The lowest BCUT2D eigenvalue weighted by atomic mass is 9.96. The molecule has 16 nitrogen and oxygen atoms in total. The molecule has 4 heterocycles. The number of allylic oxidation sites excluding steroid dienone is 4. The summed E-state index contributed by atoms with van der Waals surface area (Å²) in [6.45, 7) is 0.182. The number of aliphatic hydroxyl groups excluding tert-OH is 2. The summed E-state index contributed by atoms with van der Waals surface area (Å²) in [4.78, 5) is 80.3. The molecule has 0 aromatic carbocycles. The van der Waals surface area contributed by atoms with Gasteiger partial charge in [0.05, 0.1) is 18.7 Å². The molecule has 4 fully saturated rings. The van der Waals surface area contributed by atoms with Crippen molar-refractivity contribution < 1.29 is 58.7 Å². The van der Waals surface area contributed by atoms with Crippen LogP contribution in [0.5, 0.6) is 0 Å². The highest BCUT2D eigenvalue weighted by Crippen LogP contribution is 2.60. The summed E-state index contributed by atoms with van der Waals surface area (Å²) in [5, 5.41) is 44.0. The molecule has 8 unspecified atom stereocenters. The van der Waals surface area contributed by atoms with E-state index in [0.717, 1.165) is 21.7 Å². The lowest BCUT2D eigenvalue weighted by Gasteiger charge is -2.54. The van der Waals surface area contributed by atoms with E-state index in [2.05, 4.69) is 0 Å². The highest BCUT2D eigenvalue weighted by molar-refractivity contribution is 8.78. The fraction of sp³-hybridized carbons (Fsp3) is 0.533. The number of ether oxygens (including phenoxy) is 2. The van der Waals surface area contributed by atoms with Crippen LogP contribution in [-0.4, -0.2) is 148 Å². The zero-order valence-corrected chi connectivity index (χ0v) is 27.9. The van der Waals surface area contributed by atoms with Crippen molar-refractivity contribution in [3.63, 3.8) is 0 Å². The Morgan fingerprint density at radius 3 is 1.83 bits per heavy atom. The van der Waals surface area contributed by atoms with Gasteiger partial charge >= 0.3 is 11.9 Å². The highest BCUT2D eigenvalue weighted by atomic mass is 33.1. The lowest BCUT2D eigenvalue weighted by Crippen LogP contribution is -2.77. The molecule has 258 valence electrons. The van der Waals surface area contributed by atoms with Crippen LogP contribution in [-0.2, 0) is 38.2 Å². The Morgan fingerprint density at radius 1 is 0.771 bits per heavy atom. The van der Waals surface area contributed by atoms with Crippen molar-refractivity contribution in [1.82, 2.24) is 19.6 Å². The van der Waals surface area contributed by atoms with Gasteiger partial charge < -0.3 is 44.6 Å². The van der Waals surface area contributed by atoms with Gasteiger partial charge in [0.25, 0.3) is 23.6 Å². The topological polar surface area (TPSA) is 215 Å². The standard InChI is InChI=1S/C30H34N4O12S2/c1-15(37)45-19-9-5-7-17-11-27(43)23(39)32(4)30(14-36,26(42)33(27)21(17)19)48-47-29-12-18-8-6-10-20(46-16(2)38)22(18)34(29)24(40)28(44,13-35)31(3)25(29)41/h5-10,19-22,35-36,43-44H,11-14H2,1-4H3. The molecule has 8 atom stereocenters. The van der Waals surface area contributed by atoms with Gasteiger partial charge in [-0.15, -0.1) is 0 Å². The van der Waals surface area contributed by atoms with Crippen LogP contribution in [0.4, 0.5) is 0 Å². The molecule has 0 radical (unpaired) electrons. The van der Waals surface area contributed by atoms with Crippen LogP contribution in [0, 0.1) is 0 Å². The van der Waals surface area contributed by atoms with E-state index >= 15 is 0 Å². The van der Waals surface area contributed by atoms with Gasteiger partial charge in [-0.25, -0.2) is 0 Å². The molecule has 4 saturated heterocycles. The predicted molar refractivity (Wildman–Crippen MR) is 166 cm³/mol. The number of nitrogens with zero attached hydrogens (tertiary/aromatic N) is 4. The average Bonchev–Trinajstić information content (AvgIpc) is 3.56. The summed E-state index contributed by atoms with van der Waals surface area (Å²) < 4.78 is 10.9. The monoisotopic (exact) mass is 706 g/mol. The molecule has 0 saturated carbocycles. The van der Waals surface area contributed by atoms with Crippen LogP contribution in [0.3, 0.4) is 0 Å². The van der Waals surface area contributed by atoms with Gasteiger partial charge in [-0.05, 0) is 34.1 Å². The van der Waals surface area contributed by atoms with E-state index in [9.17, 15) is 49.2 Å². The number of likely N-dealkylation sites (N-methyl/N-ethyl adjacent to an activating group) is 2. The second kappa shape index (κ2) is 11.4. The highest BCUT2D eigenvalue weighted by Gasteiger charge is 2.72. The largest absolute Gasteiger partial charge is 0.456 e. The molecule has 0 aromatic heterocycles. The summed E-state index contributed by atoms with van der Waals surface area (Å²) in [6.07, 6.45) is 6.81. The smallest absolute Gasteiger partial charge is 0.303 e. The Labute approximate surface area is 282 Å². The van der Waals surface area contributed by atoms with E-state index in [0.29, 0.717) is 37.6 Å². The van der Waals surface area contributed by atoms with Gasteiger partial charge in [0.2, 0.25) is 16.3 Å². The van der Waals surface area contributed by atoms with Crippen molar-refractivity contribution in [2.45, 2.75) is 72.2 Å². The number of hydrogen-bond donors (Lipinski definition) is 4. The van der Waals surface area contributed by atoms with Crippen molar-refractivity contribution in [3.8, 4) is 0 Å². The zero-order chi connectivity index (χ0) is 35.1. The van der Waals surface area contributed by atoms with Gasteiger partial charge in [0.15, 0.2) is 4.87 Å². The molecule has 48 heavy (non-hydrogen) atoms. The molecule has 4 aliphatic heterocycles.